The van der Waals surface area contributed by atoms with E-state index in [0.29, 0.717) is 6.04 Å². The van der Waals surface area contributed by atoms with Crippen LogP contribution >= 0.6 is 0 Å². The molecule has 1 fully saturated rings. The van der Waals surface area contributed by atoms with Gasteiger partial charge in [-0.15, -0.1) is 0 Å². The number of aromatic nitrogens is 2. The molecular weight excluding hydrogens is 198 g/mol. The van der Waals surface area contributed by atoms with E-state index in [2.05, 4.69) is 34.9 Å². The Kier molecular flexibility index (Phi) is 3.86. The van der Waals surface area contributed by atoms with Crippen LogP contribution in [0.15, 0.2) is 6.20 Å². The van der Waals surface area contributed by atoms with Crippen molar-refractivity contribution in [2.75, 3.05) is 5.32 Å². The number of aryl methyl sites for hydroxylation is 2. The van der Waals surface area contributed by atoms with Gasteiger partial charge in [-0.25, -0.2) is 4.98 Å². The highest BCUT2D eigenvalue weighted by Gasteiger charge is 2.16. The number of nitrogens with one attached hydrogen (secondary N) is 1. The Morgan fingerprint density at radius 3 is 2.88 bits per heavy atom. The van der Waals surface area contributed by atoms with E-state index in [0.717, 1.165) is 18.2 Å². The maximum atomic E-state index is 4.58. The third-order valence-electron chi connectivity index (χ3n) is 3.34. The highest BCUT2D eigenvalue weighted by Crippen LogP contribution is 2.22. The zero-order valence-electron chi connectivity index (χ0n) is 10.5. The van der Waals surface area contributed by atoms with Crippen molar-refractivity contribution in [1.29, 1.82) is 0 Å². The summed E-state index contributed by atoms with van der Waals surface area (Å²) in [4.78, 5) is 4.58. The fourth-order valence-corrected chi connectivity index (χ4v) is 2.41. The van der Waals surface area contributed by atoms with Crippen molar-refractivity contribution in [3.8, 4) is 0 Å². The molecule has 0 aromatic carbocycles. The van der Waals surface area contributed by atoms with Gasteiger partial charge in [-0.05, 0) is 26.2 Å². The minimum atomic E-state index is 0.655. The van der Waals surface area contributed by atoms with Crippen LogP contribution < -0.4 is 5.32 Å². The molecule has 16 heavy (non-hydrogen) atoms. The molecule has 0 atom stereocenters. The Bertz CT molecular complexity index is 324. The smallest absolute Gasteiger partial charge is 0.203 e. The molecule has 0 aliphatic heterocycles. The minimum absolute atomic E-state index is 0.655. The van der Waals surface area contributed by atoms with Gasteiger partial charge in [0.05, 0.1) is 5.69 Å². The number of imidazole rings is 1. The molecule has 1 aromatic rings. The first kappa shape index (κ1) is 11.5. The molecule has 1 aliphatic carbocycles. The Morgan fingerprint density at radius 1 is 1.44 bits per heavy atom. The number of rotatable bonds is 5. The summed E-state index contributed by atoms with van der Waals surface area (Å²) in [5, 5.41) is 3.59. The van der Waals surface area contributed by atoms with Crippen molar-refractivity contribution < 1.29 is 0 Å². The van der Waals surface area contributed by atoms with E-state index in [1.54, 1.807) is 0 Å². The highest BCUT2D eigenvalue weighted by molar-refractivity contribution is 5.30. The molecule has 0 spiro atoms. The number of unbranched alkanes of at least 4 members (excludes halogenated alkanes) is 1. The van der Waals surface area contributed by atoms with E-state index in [9.17, 15) is 0 Å². The molecule has 90 valence electrons. The molecule has 0 amide bonds. The Balaban J connectivity index is 2.00. The lowest BCUT2D eigenvalue weighted by Crippen LogP contribution is -2.18. The summed E-state index contributed by atoms with van der Waals surface area (Å²) in [5.74, 6) is 1.08. The highest BCUT2D eigenvalue weighted by atomic mass is 15.2. The second kappa shape index (κ2) is 5.37. The van der Waals surface area contributed by atoms with Crippen molar-refractivity contribution in [3.63, 3.8) is 0 Å². The van der Waals surface area contributed by atoms with Gasteiger partial charge in [0.25, 0.3) is 0 Å². The number of hydrogen-bond donors (Lipinski definition) is 1. The predicted octanol–water partition coefficient (Wildman–Crippen LogP) is 3.35. The zero-order valence-corrected chi connectivity index (χ0v) is 10.5. The van der Waals surface area contributed by atoms with Gasteiger partial charge >= 0.3 is 0 Å². The minimum Gasteiger partial charge on any atom is -0.353 e. The molecule has 0 saturated heterocycles. The first-order valence-corrected chi connectivity index (χ1v) is 6.60. The van der Waals surface area contributed by atoms with Gasteiger partial charge < -0.3 is 9.88 Å². The van der Waals surface area contributed by atoms with Crippen molar-refractivity contribution >= 4 is 5.95 Å². The van der Waals surface area contributed by atoms with Gasteiger partial charge in [0.1, 0.15) is 0 Å². The largest absolute Gasteiger partial charge is 0.353 e. The molecule has 1 heterocycles. The summed E-state index contributed by atoms with van der Waals surface area (Å²) in [7, 11) is 0. The summed E-state index contributed by atoms with van der Waals surface area (Å²) in [6.45, 7) is 5.39. The molecule has 1 aliphatic rings. The van der Waals surface area contributed by atoms with Crippen LogP contribution in [0.2, 0.25) is 0 Å². The van der Waals surface area contributed by atoms with Crippen molar-refractivity contribution in [3.05, 3.63) is 11.9 Å². The molecule has 3 heteroatoms. The number of hydrogen-bond acceptors (Lipinski definition) is 2. The molecule has 1 N–H and O–H groups in total. The van der Waals surface area contributed by atoms with E-state index in [1.807, 2.05) is 0 Å². The quantitative estimate of drug-likeness (QED) is 0.826. The molecule has 3 nitrogen and oxygen atoms in total. The first-order valence-electron chi connectivity index (χ1n) is 6.60. The van der Waals surface area contributed by atoms with E-state index >= 15 is 0 Å². The van der Waals surface area contributed by atoms with Crippen molar-refractivity contribution in [2.45, 2.75) is 65.0 Å². The summed E-state index contributed by atoms with van der Waals surface area (Å²) in [6, 6.07) is 0.655. The van der Waals surface area contributed by atoms with Crippen LogP contribution in [-0.4, -0.2) is 15.6 Å². The van der Waals surface area contributed by atoms with Crippen LogP contribution in [0.3, 0.4) is 0 Å². The van der Waals surface area contributed by atoms with Crippen LogP contribution in [0, 0.1) is 6.92 Å². The fraction of sp³-hybridized carbons (Fsp3) is 0.769. The SMILES string of the molecule is CCCCn1cc(C)nc1NC1CCCC1. The van der Waals surface area contributed by atoms with E-state index < -0.39 is 0 Å². The van der Waals surface area contributed by atoms with Gasteiger partial charge in [0, 0.05) is 18.8 Å². The topological polar surface area (TPSA) is 29.9 Å². The molecule has 0 radical (unpaired) electrons. The summed E-state index contributed by atoms with van der Waals surface area (Å²) in [6.07, 6.45) is 9.97. The van der Waals surface area contributed by atoms with Gasteiger partial charge in [-0.2, -0.15) is 0 Å². The van der Waals surface area contributed by atoms with Crippen LogP contribution in [-0.2, 0) is 6.54 Å². The normalized spacial score (nSPS) is 16.9. The fourth-order valence-electron chi connectivity index (χ4n) is 2.41. The summed E-state index contributed by atoms with van der Waals surface area (Å²) in [5.41, 5.74) is 1.12. The maximum absolute atomic E-state index is 4.58. The average molecular weight is 221 g/mol. The monoisotopic (exact) mass is 221 g/mol. The average Bonchev–Trinajstić information content (AvgIpc) is 2.86. The van der Waals surface area contributed by atoms with Crippen molar-refractivity contribution in [1.82, 2.24) is 9.55 Å². The lowest BCUT2D eigenvalue weighted by Gasteiger charge is -2.14. The van der Waals surface area contributed by atoms with E-state index in [1.165, 1.54) is 38.5 Å². The summed E-state index contributed by atoms with van der Waals surface area (Å²) < 4.78 is 2.27. The summed E-state index contributed by atoms with van der Waals surface area (Å²) >= 11 is 0. The third kappa shape index (κ3) is 2.77. The zero-order chi connectivity index (χ0) is 11.4. The van der Waals surface area contributed by atoms with Gasteiger partial charge in [0.2, 0.25) is 5.95 Å². The maximum Gasteiger partial charge on any atom is 0.203 e. The predicted molar refractivity (Wildman–Crippen MR) is 67.8 cm³/mol. The van der Waals surface area contributed by atoms with Crippen LogP contribution in [0.4, 0.5) is 5.95 Å². The standard InChI is InChI=1S/C13H23N3/c1-3-4-9-16-10-11(2)14-13(16)15-12-7-5-6-8-12/h10,12H,3-9H2,1-2H3,(H,14,15). The van der Waals surface area contributed by atoms with Gasteiger partial charge in [0.15, 0.2) is 0 Å². The molecule has 0 bridgehead atoms. The number of nitrogens with zero attached hydrogens (tertiary/aromatic N) is 2. The van der Waals surface area contributed by atoms with E-state index in [-0.39, 0.29) is 0 Å². The Hall–Kier alpha value is -0.990. The van der Waals surface area contributed by atoms with Gasteiger partial charge in [-0.3, -0.25) is 0 Å². The second-order valence-electron chi connectivity index (χ2n) is 4.88. The van der Waals surface area contributed by atoms with Crippen LogP contribution in [0.1, 0.15) is 51.1 Å². The molecule has 2 rings (SSSR count). The van der Waals surface area contributed by atoms with E-state index in [4.69, 9.17) is 0 Å². The second-order valence-corrected chi connectivity index (χ2v) is 4.88. The van der Waals surface area contributed by atoms with Crippen LogP contribution in [0.5, 0.6) is 0 Å². The molecule has 1 aromatic heterocycles. The Labute approximate surface area is 98.3 Å². The Morgan fingerprint density at radius 2 is 2.19 bits per heavy atom. The lowest BCUT2D eigenvalue weighted by molar-refractivity contribution is 0.625. The molecule has 1 saturated carbocycles. The van der Waals surface area contributed by atoms with Crippen LogP contribution in [0.25, 0.3) is 0 Å². The number of anilines is 1. The molecular formula is C13H23N3. The third-order valence-corrected chi connectivity index (χ3v) is 3.34. The van der Waals surface area contributed by atoms with Crippen molar-refractivity contribution in [2.24, 2.45) is 0 Å². The lowest BCUT2D eigenvalue weighted by atomic mass is 10.2. The van der Waals surface area contributed by atoms with Gasteiger partial charge in [-0.1, -0.05) is 26.2 Å². The first-order chi connectivity index (χ1) is 7.79. The molecule has 0 unspecified atom stereocenters.